The molecule has 206 valence electrons. The first-order valence-electron chi connectivity index (χ1n) is 20.0. The fourth-order valence-electron chi connectivity index (χ4n) is 4.48. The number of hydrogen-bond donors (Lipinski definition) is 0. The highest BCUT2D eigenvalue weighted by molar-refractivity contribution is 6.07. The summed E-state index contributed by atoms with van der Waals surface area (Å²) in [6.45, 7) is -7.34. The van der Waals surface area contributed by atoms with Crippen molar-refractivity contribution in [3.8, 4) is 22.5 Å². The van der Waals surface area contributed by atoms with Gasteiger partial charge in [-0.3, -0.25) is 0 Å². The summed E-state index contributed by atoms with van der Waals surface area (Å²) in [7, 11) is 0. The second-order valence-electron chi connectivity index (χ2n) is 9.84. The van der Waals surface area contributed by atoms with E-state index in [1.165, 1.54) is 30.3 Å². The molecule has 4 aliphatic rings. The van der Waals surface area contributed by atoms with Crippen molar-refractivity contribution in [2.75, 3.05) is 30.9 Å². The predicted octanol–water partition coefficient (Wildman–Crippen LogP) is 4.45. The fourth-order valence-corrected chi connectivity index (χ4v) is 4.48. The molecule has 1 aliphatic carbocycles. The molecule has 2 aromatic rings. The first kappa shape index (κ1) is 13.9. The smallest absolute Gasteiger partial charge is 0.373 e. The molecule has 0 aromatic heterocycles. The third kappa shape index (κ3) is 5.30. The van der Waals surface area contributed by atoms with Gasteiger partial charge in [-0.1, -0.05) is 32.9 Å². The Balaban J connectivity index is 0.00000194. The molecule has 0 radical (unpaired) electrons. The van der Waals surface area contributed by atoms with Gasteiger partial charge in [-0.2, -0.15) is 9.59 Å². The predicted molar refractivity (Wildman–Crippen MR) is 152 cm³/mol. The van der Waals surface area contributed by atoms with Crippen molar-refractivity contribution in [1.29, 1.82) is 0 Å². The molecule has 0 N–H and O–H groups in total. The summed E-state index contributed by atoms with van der Waals surface area (Å²) < 4.78 is 141. The topological polar surface area (TPSA) is 93.7 Å². The minimum Gasteiger partial charge on any atom is -0.545 e. The van der Waals surface area contributed by atoms with Crippen molar-refractivity contribution in [1.82, 2.24) is 4.58 Å². The minimum absolute atomic E-state index is 0.114. The number of carbonyl (C=O) groups excluding carboxylic acids is 3. The maximum atomic E-state index is 12.6. The van der Waals surface area contributed by atoms with Crippen molar-refractivity contribution in [3.05, 3.63) is 71.1 Å². The van der Waals surface area contributed by atoms with Crippen LogP contribution in [0.2, 0.25) is 0 Å². The zero-order valence-corrected chi connectivity index (χ0v) is 21.6. The molecule has 0 atom stereocenters. The Bertz CT molecular complexity index is 2300. The van der Waals surface area contributed by atoms with Crippen molar-refractivity contribution < 1.29 is 45.8 Å². The van der Waals surface area contributed by atoms with Crippen molar-refractivity contribution in [2.24, 2.45) is 0 Å². The summed E-state index contributed by atoms with van der Waals surface area (Å²) in [5.41, 5.74) is -0.150. The van der Waals surface area contributed by atoms with Gasteiger partial charge in [-0.05, 0) is 53.6 Å². The summed E-state index contributed by atoms with van der Waals surface area (Å²) in [5.74, 6) is -1.74. The summed E-state index contributed by atoms with van der Waals surface area (Å²) in [5, 5.41) is 12.4. The van der Waals surface area contributed by atoms with Crippen molar-refractivity contribution >= 4 is 28.8 Å². The van der Waals surface area contributed by atoms with Crippen LogP contribution in [0.1, 0.15) is 84.1 Å². The van der Waals surface area contributed by atoms with E-state index in [0.29, 0.717) is 15.0 Å². The molecule has 2 aromatic carbocycles. The standard InChI is InChI=1S/C32H34N2O3.CO2/c1-32(2,3)21-8-11-24(31(35)36)27(18-21)30-25-12-9-22(33-14-4-5-15-33)19-28(25)37-29-20-23(10-13-26(29)30)34-16-6-7-17-34;2-1-3/h8-13,18-20H,4-7,14-17H2,1-3H3;/i4D2,5D2,6D2,7D2,14D2,15D2,16D2,17D2;. The van der Waals surface area contributed by atoms with Gasteiger partial charge in [-0.15, -0.1) is 0 Å². The van der Waals surface area contributed by atoms with Crippen LogP contribution in [-0.4, -0.2) is 38.1 Å². The Kier molecular flexibility index (Phi) is 3.86. The van der Waals surface area contributed by atoms with Crippen LogP contribution in [0.4, 0.5) is 5.69 Å². The van der Waals surface area contributed by atoms with Crippen molar-refractivity contribution in [2.45, 2.75) is 51.7 Å². The van der Waals surface area contributed by atoms with Crippen LogP contribution < -0.4 is 19.9 Å². The molecule has 2 saturated heterocycles. The highest BCUT2D eigenvalue weighted by atomic mass is 16.4. The zero-order valence-electron chi connectivity index (χ0n) is 37.6. The molecule has 6 rings (SSSR count). The number of carboxylic acids is 1. The van der Waals surface area contributed by atoms with Gasteiger partial charge in [-0.25, -0.2) is 4.58 Å². The van der Waals surface area contributed by atoms with Gasteiger partial charge in [0, 0.05) is 82.1 Å². The Morgan fingerprint density at radius 1 is 0.950 bits per heavy atom. The van der Waals surface area contributed by atoms with Gasteiger partial charge < -0.3 is 19.2 Å². The Morgan fingerprint density at radius 2 is 1.65 bits per heavy atom. The van der Waals surface area contributed by atoms with Crippen LogP contribution in [0, 0.1) is 0 Å². The van der Waals surface area contributed by atoms with Gasteiger partial charge in [0.25, 0.3) is 0 Å². The van der Waals surface area contributed by atoms with E-state index in [-0.39, 0.29) is 56.2 Å². The molecule has 3 aliphatic heterocycles. The number of anilines is 1. The molecule has 7 nitrogen and oxygen atoms in total. The van der Waals surface area contributed by atoms with E-state index in [4.69, 9.17) is 35.9 Å². The fraction of sp³-hybridized carbons (Fsp3) is 0.364. The van der Waals surface area contributed by atoms with E-state index in [2.05, 4.69) is 0 Å². The molecule has 7 heteroatoms. The van der Waals surface area contributed by atoms with Gasteiger partial charge in [0.1, 0.15) is 29.8 Å². The number of nitrogens with zero attached hydrogens (tertiary/aromatic N) is 2. The van der Waals surface area contributed by atoms with Crippen LogP contribution in [0.15, 0.2) is 59.0 Å². The third-order valence-corrected chi connectivity index (χ3v) is 6.38. The van der Waals surface area contributed by atoms with Gasteiger partial charge in [0.15, 0.2) is 0 Å². The molecule has 0 saturated carbocycles. The lowest BCUT2D eigenvalue weighted by Crippen LogP contribution is -2.26. The maximum Gasteiger partial charge on any atom is 0.373 e. The van der Waals surface area contributed by atoms with Crippen LogP contribution in [-0.2, 0) is 15.0 Å². The number of fused-ring (bicyclic) bond motifs is 2. The van der Waals surface area contributed by atoms with E-state index in [1.54, 1.807) is 12.1 Å². The molecule has 0 unspecified atom stereocenters. The van der Waals surface area contributed by atoms with E-state index in [9.17, 15) is 9.90 Å². The first-order valence-corrected chi connectivity index (χ1v) is 12.0. The van der Waals surface area contributed by atoms with Crippen LogP contribution >= 0.6 is 0 Å². The molecule has 0 bridgehead atoms. The lowest BCUT2D eigenvalue weighted by molar-refractivity contribution is -0.255. The monoisotopic (exact) mass is 554 g/mol. The summed E-state index contributed by atoms with van der Waals surface area (Å²) in [4.78, 5) is 29.1. The van der Waals surface area contributed by atoms with E-state index >= 15 is 0 Å². The van der Waals surface area contributed by atoms with Crippen LogP contribution in [0.3, 0.4) is 0 Å². The lowest BCUT2D eigenvalue weighted by atomic mass is 9.82. The molecule has 3 heterocycles. The number of hydrogen-bond acceptors (Lipinski definition) is 6. The highest BCUT2D eigenvalue weighted by Gasteiger charge is 2.24. The van der Waals surface area contributed by atoms with E-state index in [1.807, 2.05) is 20.8 Å². The number of aromatic carboxylic acids is 1. The molecule has 0 amide bonds. The number of benzene rings is 3. The third-order valence-electron chi connectivity index (χ3n) is 6.38. The lowest BCUT2D eigenvalue weighted by Gasteiger charge is -2.24. The summed E-state index contributed by atoms with van der Waals surface area (Å²) in [6, 6.07) is 11.9. The second-order valence-corrected chi connectivity index (χ2v) is 9.84. The SMILES string of the molecule is O=C=O.[2H]C1([2H])N(c2ccc3c(-c4cc(C(C)(C)C)ccc4C(=O)[O-])c4ccc(=[N+]5C([2H])([2H])C([2H])([2H])C([2H])([2H])C5([2H])[2H])cc-4oc3c2)C([2H])([2H])C([2H])([2H])C1([2H])[2H]. The van der Waals surface area contributed by atoms with Crippen LogP contribution in [0.5, 0.6) is 0 Å². The average molecular weight is 555 g/mol. The molecular weight excluding hydrogens is 504 g/mol. The number of carbonyl (C=O) groups is 1. The number of rotatable bonds is 3. The van der Waals surface area contributed by atoms with Crippen molar-refractivity contribution in [3.63, 3.8) is 0 Å². The Labute approximate surface area is 256 Å². The zero-order chi connectivity index (χ0) is 42.8. The Hall–Kier alpha value is -4.22. The maximum absolute atomic E-state index is 12.6. The second kappa shape index (κ2) is 11.1. The summed E-state index contributed by atoms with van der Waals surface area (Å²) >= 11 is 0. The van der Waals surface area contributed by atoms with Gasteiger partial charge >= 0.3 is 6.15 Å². The largest absolute Gasteiger partial charge is 0.545 e. The van der Waals surface area contributed by atoms with E-state index in [0.717, 1.165) is 12.1 Å². The minimum atomic E-state index is -3.36. The molecule has 40 heavy (non-hydrogen) atoms. The summed E-state index contributed by atoms with van der Waals surface area (Å²) in [6.07, 6.45) is -13.2. The quantitative estimate of drug-likeness (QED) is 0.274. The Morgan fingerprint density at radius 3 is 2.30 bits per heavy atom. The first-order chi connectivity index (χ1) is 25.2. The molecular formula is C33H34N2O5. The molecule has 0 spiro atoms. The highest BCUT2D eigenvalue weighted by Crippen LogP contribution is 2.43. The van der Waals surface area contributed by atoms with E-state index < -0.39 is 62.9 Å². The van der Waals surface area contributed by atoms with Gasteiger partial charge in [0.2, 0.25) is 5.36 Å². The van der Waals surface area contributed by atoms with Crippen LogP contribution in [0.25, 0.3) is 33.4 Å². The number of carboxylic acid groups (broad SMARTS) is 1. The normalized spacial score (nSPS) is 31.3. The average Bonchev–Trinajstić information content (AvgIpc) is 3.17. The molecule has 2 fully saturated rings. The van der Waals surface area contributed by atoms with Gasteiger partial charge in [0.05, 0.1) is 12.0 Å².